The molecule has 2 nitrogen and oxygen atoms in total. The molecule has 0 atom stereocenters. The van der Waals surface area contributed by atoms with Gasteiger partial charge in [0.05, 0.1) is 5.69 Å². The fourth-order valence-electron chi connectivity index (χ4n) is 1.52. The van der Waals surface area contributed by atoms with Gasteiger partial charge < -0.3 is 10.8 Å². The summed E-state index contributed by atoms with van der Waals surface area (Å²) in [5.74, 6) is 0.182. The number of phenolic OH excluding ortho intramolecular Hbond substituents is 1. The van der Waals surface area contributed by atoms with Crippen molar-refractivity contribution in [2.24, 2.45) is 0 Å². The third-order valence-electron chi connectivity index (χ3n) is 2.28. The van der Waals surface area contributed by atoms with Crippen LogP contribution in [0.3, 0.4) is 0 Å². The lowest BCUT2D eigenvalue weighted by molar-refractivity contribution is 0.484. The maximum atomic E-state index is 9.66. The largest absolute Gasteiger partial charge is 0.505 e. The Balaban J connectivity index is 2.94. The number of rotatable bonds is 0. The predicted molar refractivity (Wildman–Crippen MR) is 54.8 cm³/mol. The Morgan fingerprint density at radius 1 is 1.08 bits per heavy atom. The van der Waals surface area contributed by atoms with Gasteiger partial charge in [0, 0.05) is 5.39 Å². The maximum absolute atomic E-state index is 9.66. The van der Waals surface area contributed by atoms with Crippen molar-refractivity contribution >= 4 is 16.5 Å². The second-order valence-corrected chi connectivity index (χ2v) is 3.17. The number of aromatic hydroxyl groups is 1. The fourth-order valence-corrected chi connectivity index (χ4v) is 1.52. The summed E-state index contributed by atoms with van der Waals surface area (Å²) in [5.41, 5.74) is 7.16. The average Bonchev–Trinajstić information content (AvgIpc) is 2.12. The molecule has 2 aromatic rings. The highest BCUT2D eigenvalue weighted by Crippen LogP contribution is 2.31. The zero-order chi connectivity index (χ0) is 9.42. The van der Waals surface area contributed by atoms with Crippen molar-refractivity contribution in [1.29, 1.82) is 0 Å². The summed E-state index contributed by atoms with van der Waals surface area (Å²) in [6, 6.07) is 9.45. The molecular formula is C11H11NO. The first-order valence-electron chi connectivity index (χ1n) is 4.17. The number of aryl methyl sites for hydroxylation is 1. The monoisotopic (exact) mass is 173 g/mol. The van der Waals surface area contributed by atoms with E-state index in [1.165, 1.54) is 0 Å². The van der Waals surface area contributed by atoms with Crippen LogP contribution < -0.4 is 5.73 Å². The smallest absolute Gasteiger partial charge is 0.146 e. The van der Waals surface area contributed by atoms with Gasteiger partial charge in [-0.05, 0) is 23.9 Å². The van der Waals surface area contributed by atoms with Crippen molar-refractivity contribution in [2.75, 3.05) is 5.73 Å². The Morgan fingerprint density at radius 3 is 2.62 bits per heavy atom. The number of nitrogens with two attached hydrogens (primary N) is 1. The quantitative estimate of drug-likeness (QED) is 0.474. The lowest BCUT2D eigenvalue weighted by atomic mass is 10.0. The summed E-state index contributed by atoms with van der Waals surface area (Å²) in [4.78, 5) is 0. The Morgan fingerprint density at radius 2 is 1.85 bits per heavy atom. The highest BCUT2D eigenvalue weighted by molar-refractivity contribution is 5.94. The van der Waals surface area contributed by atoms with Gasteiger partial charge in [-0.15, -0.1) is 0 Å². The van der Waals surface area contributed by atoms with Crippen LogP contribution in [0, 0.1) is 6.92 Å². The summed E-state index contributed by atoms with van der Waals surface area (Å²) in [5, 5.41) is 11.5. The second kappa shape index (κ2) is 2.66. The van der Waals surface area contributed by atoms with Crippen LogP contribution in [-0.2, 0) is 0 Å². The van der Waals surface area contributed by atoms with Gasteiger partial charge in [-0.25, -0.2) is 0 Å². The molecule has 2 heteroatoms. The molecule has 0 bridgehead atoms. The van der Waals surface area contributed by atoms with E-state index in [1.807, 2.05) is 31.2 Å². The summed E-state index contributed by atoms with van der Waals surface area (Å²) in [7, 11) is 0. The minimum atomic E-state index is 0.182. The third kappa shape index (κ3) is 1.11. The molecule has 0 radical (unpaired) electrons. The van der Waals surface area contributed by atoms with Crippen LogP contribution in [0.4, 0.5) is 5.69 Å². The highest BCUT2D eigenvalue weighted by atomic mass is 16.3. The van der Waals surface area contributed by atoms with Gasteiger partial charge in [0.2, 0.25) is 0 Å². The standard InChI is InChI=1S/C11H11NO/c1-7-3-2-4-9-8(7)5-6-10(12)11(9)13/h2-6,13H,12H2,1H3. The van der Waals surface area contributed by atoms with Crippen molar-refractivity contribution < 1.29 is 5.11 Å². The molecular weight excluding hydrogens is 162 g/mol. The van der Waals surface area contributed by atoms with Gasteiger partial charge in [-0.2, -0.15) is 0 Å². The van der Waals surface area contributed by atoms with Gasteiger partial charge in [0.15, 0.2) is 0 Å². The molecule has 0 aliphatic heterocycles. The van der Waals surface area contributed by atoms with E-state index in [0.29, 0.717) is 5.69 Å². The zero-order valence-electron chi connectivity index (χ0n) is 7.41. The first kappa shape index (κ1) is 7.92. The lowest BCUT2D eigenvalue weighted by Crippen LogP contribution is -1.87. The Kier molecular flexibility index (Phi) is 1.62. The van der Waals surface area contributed by atoms with Crippen LogP contribution in [0.2, 0.25) is 0 Å². The summed E-state index contributed by atoms with van der Waals surface area (Å²) >= 11 is 0. The van der Waals surface area contributed by atoms with Gasteiger partial charge >= 0.3 is 0 Å². The number of benzene rings is 2. The number of fused-ring (bicyclic) bond motifs is 1. The van der Waals surface area contributed by atoms with Crippen LogP contribution in [0.1, 0.15) is 5.56 Å². The van der Waals surface area contributed by atoms with Gasteiger partial charge in [0.25, 0.3) is 0 Å². The number of hydrogen-bond donors (Lipinski definition) is 2. The molecule has 3 N–H and O–H groups in total. The molecule has 2 rings (SSSR count). The second-order valence-electron chi connectivity index (χ2n) is 3.17. The minimum absolute atomic E-state index is 0.182. The number of nitrogen functional groups attached to an aromatic ring is 1. The lowest BCUT2D eigenvalue weighted by Gasteiger charge is -2.05. The molecule has 0 heterocycles. The fraction of sp³-hybridized carbons (Fsp3) is 0.0909. The normalized spacial score (nSPS) is 10.5. The number of phenols is 1. The predicted octanol–water partition coefficient (Wildman–Crippen LogP) is 2.44. The molecule has 66 valence electrons. The molecule has 0 aromatic heterocycles. The van der Waals surface area contributed by atoms with E-state index in [9.17, 15) is 5.11 Å². The molecule has 0 spiro atoms. The van der Waals surface area contributed by atoms with E-state index in [0.717, 1.165) is 16.3 Å². The van der Waals surface area contributed by atoms with Crippen molar-refractivity contribution in [1.82, 2.24) is 0 Å². The van der Waals surface area contributed by atoms with Gasteiger partial charge in [0.1, 0.15) is 5.75 Å². The molecule has 0 aliphatic rings. The van der Waals surface area contributed by atoms with Gasteiger partial charge in [-0.3, -0.25) is 0 Å². The van der Waals surface area contributed by atoms with Crippen LogP contribution in [0.25, 0.3) is 10.8 Å². The summed E-state index contributed by atoms with van der Waals surface area (Å²) in [6.07, 6.45) is 0. The Labute approximate surface area is 76.6 Å². The first-order valence-corrected chi connectivity index (χ1v) is 4.17. The molecule has 2 aromatic carbocycles. The molecule has 0 saturated heterocycles. The van der Waals surface area contributed by atoms with E-state index in [1.54, 1.807) is 6.07 Å². The number of anilines is 1. The number of hydrogen-bond acceptors (Lipinski definition) is 2. The van der Waals surface area contributed by atoms with E-state index < -0.39 is 0 Å². The van der Waals surface area contributed by atoms with Crippen molar-refractivity contribution in [3.63, 3.8) is 0 Å². The van der Waals surface area contributed by atoms with E-state index >= 15 is 0 Å². The molecule has 13 heavy (non-hydrogen) atoms. The van der Waals surface area contributed by atoms with Gasteiger partial charge in [-0.1, -0.05) is 24.3 Å². The molecule has 0 fully saturated rings. The average molecular weight is 173 g/mol. The van der Waals surface area contributed by atoms with Crippen LogP contribution in [0.5, 0.6) is 5.75 Å². The van der Waals surface area contributed by atoms with Crippen LogP contribution in [0.15, 0.2) is 30.3 Å². The third-order valence-corrected chi connectivity index (χ3v) is 2.28. The van der Waals surface area contributed by atoms with Crippen LogP contribution in [-0.4, -0.2) is 5.11 Å². The summed E-state index contributed by atoms with van der Waals surface area (Å²) < 4.78 is 0. The highest BCUT2D eigenvalue weighted by Gasteiger charge is 2.03. The maximum Gasteiger partial charge on any atom is 0.146 e. The molecule has 0 saturated carbocycles. The molecule has 0 unspecified atom stereocenters. The van der Waals surface area contributed by atoms with Crippen LogP contribution >= 0.6 is 0 Å². The zero-order valence-corrected chi connectivity index (χ0v) is 7.41. The van der Waals surface area contributed by atoms with Crippen molar-refractivity contribution in [3.05, 3.63) is 35.9 Å². The SMILES string of the molecule is Cc1cccc2c(O)c(N)ccc12. The topological polar surface area (TPSA) is 46.2 Å². The Bertz CT molecular complexity index is 463. The van der Waals surface area contributed by atoms with Crippen molar-refractivity contribution in [3.8, 4) is 5.75 Å². The first-order chi connectivity index (χ1) is 6.20. The van der Waals surface area contributed by atoms with E-state index in [-0.39, 0.29) is 5.75 Å². The molecule has 0 amide bonds. The van der Waals surface area contributed by atoms with E-state index in [4.69, 9.17) is 5.73 Å². The summed E-state index contributed by atoms with van der Waals surface area (Å²) in [6.45, 7) is 2.01. The molecule has 0 aliphatic carbocycles. The van der Waals surface area contributed by atoms with Crippen molar-refractivity contribution in [2.45, 2.75) is 6.92 Å². The Hall–Kier alpha value is -1.70. The minimum Gasteiger partial charge on any atom is -0.505 e. The van der Waals surface area contributed by atoms with E-state index in [2.05, 4.69) is 0 Å².